The first-order valence-electron chi connectivity index (χ1n) is 6.51. The number of anilines is 2. The van der Waals surface area contributed by atoms with Crippen molar-refractivity contribution in [3.63, 3.8) is 0 Å². The Bertz CT molecular complexity index is 688. The average molecular weight is 320 g/mol. The Morgan fingerprint density at radius 1 is 1.35 bits per heavy atom. The molecule has 5 amide bonds. The van der Waals surface area contributed by atoms with Crippen LogP contribution in [0.3, 0.4) is 0 Å². The lowest BCUT2D eigenvalue weighted by molar-refractivity contribution is -0.128. The molecule has 0 aromatic heterocycles. The molecule has 0 atom stereocenters. The number of urea groups is 1. The van der Waals surface area contributed by atoms with Gasteiger partial charge in [0, 0.05) is 5.69 Å². The number of carbonyl (C=O) groups excluding carboxylic acids is 4. The van der Waals surface area contributed by atoms with Crippen molar-refractivity contribution in [1.82, 2.24) is 10.2 Å². The molecular formula is C14H13FN4O4. The molecule has 1 fully saturated rings. The summed E-state index contributed by atoms with van der Waals surface area (Å²) in [5.74, 6) is -2.44. The maximum Gasteiger partial charge on any atom is 0.325 e. The molecule has 1 saturated heterocycles. The average Bonchev–Trinajstić information content (AvgIpc) is 2.82. The fraction of sp³-hybridized carbons (Fsp3) is 0.143. The largest absolute Gasteiger partial charge is 0.329 e. The van der Waals surface area contributed by atoms with Crippen molar-refractivity contribution in [2.45, 2.75) is 0 Å². The van der Waals surface area contributed by atoms with Crippen LogP contribution in [0.1, 0.15) is 0 Å². The van der Waals surface area contributed by atoms with Gasteiger partial charge < -0.3 is 16.0 Å². The molecule has 1 heterocycles. The second-order valence-corrected chi connectivity index (χ2v) is 4.57. The summed E-state index contributed by atoms with van der Waals surface area (Å²) in [7, 11) is 0. The number of halogens is 1. The molecule has 0 bridgehead atoms. The minimum atomic E-state index is -0.688. The van der Waals surface area contributed by atoms with E-state index in [0.717, 1.165) is 17.0 Å². The number of amides is 5. The van der Waals surface area contributed by atoms with E-state index >= 15 is 0 Å². The Hall–Kier alpha value is -3.23. The third-order valence-corrected chi connectivity index (χ3v) is 2.93. The summed E-state index contributed by atoms with van der Waals surface area (Å²) in [6, 6.07) is 2.90. The molecule has 1 aliphatic rings. The zero-order chi connectivity index (χ0) is 17.0. The Balaban J connectivity index is 2.04. The van der Waals surface area contributed by atoms with Crippen LogP contribution in [-0.4, -0.2) is 41.7 Å². The van der Waals surface area contributed by atoms with Crippen LogP contribution in [-0.2, 0) is 14.4 Å². The molecule has 1 aromatic rings. The third kappa shape index (κ3) is 3.90. The molecule has 0 spiro atoms. The number of nitrogens with one attached hydrogen (secondary N) is 3. The van der Waals surface area contributed by atoms with E-state index in [-0.39, 0.29) is 17.9 Å². The van der Waals surface area contributed by atoms with Crippen LogP contribution < -0.4 is 16.0 Å². The van der Waals surface area contributed by atoms with Gasteiger partial charge in [0.25, 0.3) is 5.91 Å². The summed E-state index contributed by atoms with van der Waals surface area (Å²) in [5.41, 5.74) is 0.0607. The van der Waals surface area contributed by atoms with E-state index in [1.54, 1.807) is 0 Å². The number of rotatable bonds is 5. The maximum atomic E-state index is 13.6. The number of nitrogens with zero attached hydrogens (tertiary/aromatic N) is 1. The first-order chi connectivity index (χ1) is 10.9. The van der Waals surface area contributed by atoms with Crippen LogP contribution in [0.4, 0.5) is 20.6 Å². The number of hydrogen-bond donors (Lipinski definition) is 3. The van der Waals surface area contributed by atoms with Crippen molar-refractivity contribution >= 4 is 35.1 Å². The molecule has 9 heteroatoms. The van der Waals surface area contributed by atoms with E-state index in [4.69, 9.17) is 0 Å². The summed E-state index contributed by atoms with van der Waals surface area (Å²) in [5, 5.41) is 6.95. The maximum absolute atomic E-state index is 13.6. The molecule has 1 aliphatic heterocycles. The monoisotopic (exact) mass is 320 g/mol. The quantitative estimate of drug-likeness (QED) is 0.540. The first-order valence-corrected chi connectivity index (χ1v) is 6.51. The molecule has 0 saturated carbocycles. The predicted molar refractivity (Wildman–Crippen MR) is 79.0 cm³/mol. The lowest BCUT2D eigenvalue weighted by Gasteiger charge is -2.13. The molecule has 0 aliphatic carbocycles. The zero-order valence-corrected chi connectivity index (χ0v) is 11.9. The summed E-state index contributed by atoms with van der Waals surface area (Å²) < 4.78 is 13.6. The summed E-state index contributed by atoms with van der Waals surface area (Å²) in [6.07, 6.45) is 0.974. The van der Waals surface area contributed by atoms with Gasteiger partial charge in [-0.3, -0.25) is 19.3 Å². The Kier molecular flexibility index (Phi) is 4.69. The van der Waals surface area contributed by atoms with Crippen LogP contribution in [0.2, 0.25) is 0 Å². The van der Waals surface area contributed by atoms with Crippen molar-refractivity contribution in [3.05, 3.63) is 36.7 Å². The lowest BCUT2D eigenvalue weighted by atomic mass is 10.2. The van der Waals surface area contributed by atoms with Crippen LogP contribution in [0.5, 0.6) is 0 Å². The van der Waals surface area contributed by atoms with E-state index in [1.165, 1.54) is 12.1 Å². The van der Waals surface area contributed by atoms with Crippen LogP contribution >= 0.6 is 0 Å². The van der Waals surface area contributed by atoms with Gasteiger partial charge in [0.05, 0.1) is 12.2 Å². The summed E-state index contributed by atoms with van der Waals surface area (Å²) in [4.78, 5) is 46.5. The highest BCUT2D eigenvalue weighted by molar-refractivity contribution is 6.06. The molecule has 8 nitrogen and oxygen atoms in total. The van der Waals surface area contributed by atoms with Gasteiger partial charge in [-0.25, -0.2) is 9.18 Å². The second-order valence-electron chi connectivity index (χ2n) is 4.57. The number of benzene rings is 1. The Morgan fingerprint density at radius 2 is 2.09 bits per heavy atom. The first kappa shape index (κ1) is 16.1. The standard InChI is InChI=1S/C14H13FN4O4/c1-2-11(20)18-10-5-8(3-4-9(10)15)17-12(21)7-19-13(22)6-16-14(19)23/h2-5H,1,6-7H2,(H,16,23)(H,17,21)(H,18,20). The Labute approximate surface area is 130 Å². The highest BCUT2D eigenvalue weighted by Gasteiger charge is 2.30. The lowest BCUT2D eigenvalue weighted by Crippen LogP contribution is -2.38. The normalized spacial score (nSPS) is 13.5. The van der Waals surface area contributed by atoms with E-state index in [2.05, 4.69) is 22.5 Å². The zero-order valence-electron chi connectivity index (χ0n) is 11.9. The fourth-order valence-corrected chi connectivity index (χ4v) is 1.84. The molecule has 1 aromatic carbocycles. The van der Waals surface area contributed by atoms with Gasteiger partial charge in [-0.1, -0.05) is 6.58 Å². The second kappa shape index (κ2) is 6.69. The van der Waals surface area contributed by atoms with Gasteiger partial charge in [-0.05, 0) is 24.3 Å². The van der Waals surface area contributed by atoms with Crippen molar-refractivity contribution in [2.75, 3.05) is 23.7 Å². The van der Waals surface area contributed by atoms with Crippen molar-refractivity contribution in [3.8, 4) is 0 Å². The highest BCUT2D eigenvalue weighted by Crippen LogP contribution is 2.19. The minimum absolute atomic E-state index is 0.136. The third-order valence-electron chi connectivity index (χ3n) is 2.93. The molecule has 0 unspecified atom stereocenters. The van der Waals surface area contributed by atoms with Crippen LogP contribution in [0.25, 0.3) is 0 Å². The highest BCUT2D eigenvalue weighted by atomic mass is 19.1. The summed E-state index contributed by atoms with van der Waals surface area (Å²) in [6.45, 7) is 2.64. The van der Waals surface area contributed by atoms with E-state index in [0.29, 0.717) is 0 Å². The van der Waals surface area contributed by atoms with Gasteiger partial charge in [-0.15, -0.1) is 0 Å². The SMILES string of the molecule is C=CC(=O)Nc1cc(NC(=O)CN2C(=O)CNC2=O)ccc1F. The van der Waals surface area contributed by atoms with Gasteiger partial charge in [0.1, 0.15) is 12.4 Å². The fourth-order valence-electron chi connectivity index (χ4n) is 1.84. The molecule has 23 heavy (non-hydrogen) atoms. The Morgan fingerprint density at radius 3 is 2.70 bits per heavy atom. The van der Waals surface area contributed by atoms with Crippen molar-refractivity contribution < 1.29 is 23.6 Å². The number of hydrogen-bond acceptors (Lipinski definition) is 4. The summed E-state index contributed by atoms with van der Waals surface area (Å²) >= 11 is 0. The van der Waals surface area contributed by atoms with Gasteiger partial charge >= 0.3 is 6.03 Å². The van der Waals surface area contributed by atoms with Crippen molar-refractivity contribution in [1.29, 1.82) is 0 Å². The minimum Gasteiger partial charge on any atom is -0.329 e. The molecule has 3 N–H and O–H groups in total. The number of imide groups is 1. The van der Waals surface area contributed by atoms with Crippen LogP contribution in [0, 0.1) is 5.82 Å². The van der Waals surface area contributed by atoms with E-state index in [1.807, 2.05) is 0 Å². The molecule has 120 valence electrons. The number of carbonyl (C=O) groups is 4. The predicted octanol–water partition coefficient (Wildman–Crippen LogP) is 0.441. The smallest absolute Gasteiger partial charge is 0.325 e. The molecule has 2 rings (SSSR count). The van der Waals surface area contributed by atoms with Crippen molar-refractivity contribution in [2.24, 2.45) is 0 Å². The molecular weight excluding hydrogens is 307 g/mol. The van der Waals surface area contributed by atoms with Gasteiger partial charge in [-0.2, -0.15) is 0 Å². The van der Waals surface area contributed by atoms with E-state index < -0.39 is 36.1 Å². The molecule has 0 radical (unpaired) electrons. The van der Waals surface area contributed by atoms with Crippen LogP contribution in [0.15, 0.2) is 30.9 Å². The van der Waals surface area contributed by atoms with E-state index in [9.17, 15) is 23.6 Å². The topological polar surface area (TPSA) is 108 Å². The van der Waals surface area contributed by atoms with Gasteiger partial charge in [0.2, 0.25) is 11.8 Å². The van der Waals surface area contributed by atoms with Gasteiger partial charge in [0.15, 0.2) is 0 Å².